The molecule has 0 atom stereocenters. The van der Waals surface area contributed by atoms with Crippen molar-refractivity contribution in [1.82, 2.24) is 10.2 Å². The van der Waals surface area contributed by atoms with Gasteiger partial charge in [-0.15, -0.1) is 0 Å². The molecule has 0 aliphatic heterocycles. The number of benzene rings is 2. The Kier molecular flexibility index (Phi) is 3.11. The molecule has 3 rings (SSSR count). The quantitative estimate of drug-likeness (QED) is 0.781. The molecule has 2 N–H and O–H groups in total. The predicted molar refractivity (Wildman–Crippen MR) is 78.4 cm³/mol. The van der Waals surface area contributed by atoms with Crippen molar-refractivity contribution in [3.8, 4) is 0 Å². The summed E-state index contributed by atoms with van der Waals surface area (Å²) in [4.78, 5) is 0.155. The molecular weight excluding hydrogens is 298 g/mol. The van der Waals surface area contributed by atoms with Gasteiger partial charge in [0, 0.05) is 10.4 Å². The first kappa shape index (κ1) is 13.0. The first-order valence-corrected chi connectivity index (χ1v) is 7.63. The van der Waals surface area contributed by atoms with Crippen LogP contribution in [0, 0.1) is 0 Å². The maximum absolute atomic E-state index is 12.3. The van der Waals surface area contributed by atoms with Gasteiger partial charge in [0.1, 0.15) is 0 Å². The molecular formula is C13H10ClN3O2S. The minimum Gasteiger partial charge on any atom is -0.279 e. The highest BCUT2D eigenvalue weighted by Gasteiger charge is 2.15. The van der Waals surface area contributed by atoms with Crippen LogP contribution in [0.25, 0.3) is 10.9 Å². The number of rotatable bonds is 3. The monoisotopic (exact) mass is 307 g/mol. The molecule has 0 saturated carbocycles. The van der Waals surface area contributed by atoms with Crippen LogP contribution in [0.5, 0.6) is 0 Å². The molecule has 0 amide bonds. The molecule has 3 aromatic rings. The van der Waals surface area contributed by atoms with Crippen LogP contribution in [0.4, 0.5) is 5.69 Å². The summed E-state index contributed by atoms with van der Waals surface area (Å²) in [6.45, 7) is 0. The van der Waals surface area contributed by atoms with Crippen molar-refractivity contribution in [1.29, 1.82) is 0 Å². The lowest BCUT2D eigenvalue weighted by atomic mass is 10.2. The summed E-state index contributed by atoms with van der Waals surface area (Å²) in [6.07, 6.45) is 1.58. The summed E-state index contributed by atoms with van der Waals surface area (Å²) in [6, 6.07) is 11.2. The van der Waals surface area contributed by atoms with Crippen molar-refractivity contribution >= 4 is 38.2 Å². The fourth-order valence-electron chi connectivity index (χ4n) is 1.87. The molecule has 0 spiro atoms. The Morgan fingerprint density at radius 3 is 2.60 bits per heavy atom. The Morgan fingerprint density at radius 1 is 1.10 bits per heavy atom. The van der Waals surface area contributed by atoms with E-state index in [1.807, 2.05) is 6.07 Å². The smallest absolute Gasteiger partial charge is 0.261 e. The summed E-state index contributed by atoms with van der Waals surface area (Å²) in [7, 11) is -3.65. The van der Waals surface area contributed by atoms with Crippen LogP contribution in [0.15, 0.2) is 53.6 Å². The molecule has 7 heteroatoms. The summed E-state index contributed by atoms with van der Waals surface area (Å²) in [5, 5.41) is 7.89. The standard InChI is InChI=1S/C13H10ClN3O2S/c14-9-4-6-10(7-5-9)20(18,19)17-13-3-1-2-12-11(13)8-15-16-12/h1-8,17H,(H,15,16). The number of H-pyrrole nitrogens is 1. The van der Waals surface area contributed by atoms with E-state index in [0.29, 0.717) is 16.1 Å². The maximum atomic E-state index is 12.3. The van der Waals surface area contributed by atoms with Crippen LogP contribution in [0.1, 0.15) is 0 Å². The first-order valence-electron chi connectivity index (χ1n) is 5.77. The van der Waals surface area contributed by atoms with Crippen LogP contribution >= 0.6 is 11.6 Å². The SMILES string of the molecule is O=S(=O)(Nc1cccc2[nH]ncc12)c1ccc(Cl)cc1. The zero-order valence-electron chi connectivity index (χ0n) is 10.2. The van der Waals surface area contributed by atoms with Gasteiger partial charge >= 0.3 is 0 Å². The number of sulfonamides is 1. The lowest BCUT2D eigenvalue weighted by Gasteiger charge is -2.08. The predicted octanol–water partition coefficient (Wildman–Crippen LogP) is 3.02. The third-order valence-corrected chi connectivity index (χ3v) is 4.49. The Labute approximate surface area is 120 Å². The van der Waals surface area contributed by atoms with Gasteiger partial charge in [0.15, 0.2) is 0 Å². The Balaban J connectivity index is 2.01. The first-order chi connectivity index (χ1) is 9.56. The maximum Gasteiger partial charge on any atom is 0.261 e. The number of hydrogen-bond acceptors (Lipinski definition) is 3. The van der Waals surface area contributed by atoms with E-state index in [0.717, 1.165) is 5.52 Å². The van der Waals surface area contributed by atoms with Crippen LogP contribution in [-0.2, 0) is 10.0 Å². The topological polar surface area (TPSA) is 74.8 Å². The van der Waals surface area contributed by atoms with Gasteiger partial charge in [-0.2, -0.15) is 5.10 Å². The Bertz CT molecular complexity index is 857. The number of aromatic nitrogens is 2. The number of nitrogens with zero attached hydrogens (tertiary/aromatic N) is 1. The summed E-state index contributed by atoms with van der Waals surface area (Å²) in [5.41, 5.74) is 1.24. The Morgan fingerprint density at radius 2 is 1.85 bits per heavy atom. The third kappa shape index (κ3) is 2.35. The van der Waals surface area contributed by atoms with Gasteiger partial charge in [-0.1, -0.05) is 17.7 Å². The zero-order chi connectivity index (χ0) is 14.2. The molecule has 0 aliphatic carbocycles. The highest BCUT2D eigenvalue weighted by atomic mass is 35.5. The third-order valence-electron chi connectivity index (χ3n) is 2.85. The van der Waals surface area contributed by atoms with Crippen molar-refractivity contribution in [3.63, 3.8) is 0 Å². The van der Waals surface area contributed by atoms with Gasteiger partial charge in [0.2, 0.25) is 0 Å². The van der Waals surface area contributed by atoms with Crippen molar-refractivity contribution < 1.29 is 8.42 Å². The van der Waals surface area contributed by atoms with E-state index in [1.165, 1.54) is 24.3 Å². The summed E-state index contributed by atoms with van der Waals surface area (Å²) < 4.78 is 27.1. The molecule has 102 valence electrons. The van der Waals surface area contributed by atoms with Crippen LogP contribution in [-0.4, -0.2) is 18.6 Å². The second-order valence-electron chi connectivity index (χ2n) is 4.20. The van der Waals surface area contributed by atoms with E-state index < -0.39 is 10.0 Å². The van der Waals surface area contributed by atoms with Gasteiger partial charge < -0.3 is 0 Å². The van der Waals surface area contributed by atoms with Gasteiger partial charge in [0.25, 0.3) is 10.0 Å². The van der Waals surface area contributed by atoms with E-state index >= 15 is 0 Å². The number of hydrogen-bond donors (Lipinski definition) is 2. The minimum absolute atomic E-state index is 0.155. The average Bonchev–Trinajstić information content (AvgIpc) is 2.88. The van der Waals surface area contributed by atoms with Gasteiger partial charge in [0.05, 0.1) is 22.3 Å². The zero-order valence-corrected chi connectivity index (χ0v) is 11.7. The molecule has 2 aromatic carbocycles. The number of halogens is 1. The largest absolute Gasteiger partial charge is 0.279 e. The molecule has 0 fully saturated rings. The minimum atomic E-state index is -3.65. The van der Waals surface area contributed by atoms with Crippen molar-refractivity contribution in [3.05, 3.63) is 53.7 Å². The second kappa shape index (κ2) is 4.81. The van der Waals surface area contributed by atoms with E-state index in [1.54, 1.807) is 18.3 Å². The lowest BCUT2D eigenvalue weighted by molar-refractivity contribution is 0.601. The molecule has 0 bridgehead atoms. The number of fused-ring (bicyclic) bond motifs is 1. The molecule has 0 unspecified atom stereocenters. The number of aromatic amines is 1. The summed E-state index contributed by atoms with van der Waals surface area (Å²) in [5.74, 6) is 0. The highest BCUT2D eigenvalue weighted by Crippen LogP contribution is 2.24. The highest BCUT2D eigenvalue weighted by molar-refractivity contribution is 7.92. The molecule has 5 nitrogen and oxygen atoms in total. The van der Waals surface area contributed by atoms with Crippen molar-refractivity contribution in [2.24, 2.45) is 0 Å². The lowest BCUT2D eigenvalue weighted by Crippen LogP contribution is -2.12. The molecule has 1 heterocycles. The van der Waals surface area contributed by atoms with Gasteiger partial charge in [-0.25, -0.2) is 8.42 Å². The van der Waals surface area contributed by atoms with E-state index in [-0.39, 0.29) is 4.90 Å². The fraction of sp³-hybridized carbons (Fsp3) is 0. The molecule has 1 aromatic heterocycles. The fourth-order valence-corrected chi connectivity index (χ4v) is 3.08. The van der Waals surface area contributed by atoms with Crippen LogP contribution < -0.4 is 4.72 Å². The Hall–Kier alpha value is -2.05. The molecule has 0 aliphatic rings. The van der Waals surface area contributed by atoms with Crippen molar-refractivity contribution in [2.45, 2.75) is 4.90 Å². The molecule has 0 radical (unpaired) electrons. The van der Waals surface area contributed by atoms with Gasteiger partial charge in [-0.3, -0.25) is 9.82 Å². The number of anilines is 1. The van der Waals surface area contributed by atoms with E-state index in [9.17, 15) is 8.42 Å². The molecule has 0 saturated heterocycles. The number of nitrogens with one attached hydrogen (secondary N) is 2. The average molecular weight is 308 g/mol. The second-order valence-corrected chi connectivity index (χ2v) is 6.32. The van der Waals surface area contributed by atoms with Crippen LogP contribution in [0.3, 0.4) is 0 Å². The van der Waals surface area contributed by atoms with Crippen molar-refractivity contribution in [2.75, 3.05) is 4.72 Å². The molecule has 20 heavy (non-hydrogen) atoms. The van der Waals surface area contributed by atoms with Crippen LogP contribution in [0.2, 0.25) is 5.02 Å². The van der Waals surface area contributed by atoms with E-state index in [4.69, 9.17) is 11.6 Å². The normalized spacial score (nSPS) is 11.7. The van der Waals surface area contributed by atoms with E-state index in [2.05, 4.69) is 14.9 Å². The summed E-state index contributed by atoms with van der Waals surface area (Å²) >= 11 is 5.76. The van der Waals surface area contributed by atoms with Gasteiger partial charge in [-0.05, 0) is 36.4 Å².